The van der Waals surface area contributed by atoms with E-state index < -0.39 is 16.8 Å². The fraction of sp³-hybridized carbons (Fsp3) is 0.560. The number of thioether (sulfide) groups is 1. The predicted octanol–water partition coefficient (Wildman–Crippen LogP) is 5.25. The van der Waals surface area contributed by atoms with E-state index in [1.165, 1.54) is 17.3 Å². The van der Waals surface area contributed by atoms with E-state index in [1.54, 1.807) is 11.3 Å². The van der Waals surface area contributed by atoms with Gasteiger partial charge in [0.2, 0.25) is 0 Å². The zero-order valence-electron chi connectivity index (χ0n) is 19.7. The molecule has 2 aromatic heterocycles. The van der Waals surface area contributed by atoms with Crippen LogP contribution in [0.25, 0.3) is 0 Å². The second-order valence-corrected chi connectivity index (χ2v) is 11.8. The van der Waals surface area contributed by atoms with Crippen molar-refractivity contribution >= 4 is 34.9 Å². The van der Waals surface area contributed by atoms with Gasteiger partial charge in [0, 0.05) is 17.0 Å². The van der Waals surface area contributed by atoms with E-state index in [1.807, 2.05) is 53.0 Å². The van der Waals surface area contributed by atoms with Crippen molar-refractivity contribution in [1.82, 2.24) is 4.98 Å². The van der Waals surface area contributed by atoms with Crippen LogP contribution in [-0.2, 0) is 32.8 Å². The number of thiophene rings is 1. The molecule has 5 nitrogen and oxygen atoms in total. The maximum absolute atomic E-state index is 13.3. The van der Waals surface area contributed by atoms with E-state index >= 15 is 0 Å². The Morgan fingerprint density at radius 2 is 2.06 bits per heavy atom. The number of aryl methyl sites for hydroxylation is 2. The molecule has 0 saturated carbocycles. The number of pyridine rings is 1. The van der Waals surface area contributed by atoms with Crippen molar-refractivity contribution in [3.05, 3.63) is 45.4 Å². The van der Waals surface area contributed by atoms with E-state index in [9.17, 15) is 14.7 Å². The molecule has 2 atom stereocenters. The van der Waals surface area contributed by atoms with Crippen LogP contribution in [0.4, 0.5) is 0 Å². The first-order chi connectivity index (χ1) is 15.0. The highest BCUT2D eigenvalue weighted by Crippen LogP contribution is 2.43. The lowest BCUT2D eigenvalue weighted by molar-refractivity contribution is -0.176. The predicted molar refractivity (Wildman–Crippen MR) is 129 cm³/mol. The minimum Gasteiger partial charge on any atom is -0.457 e. The van der Waals surface area contributed by atoms with Crippen LogP contribution < -0.4 is 0 Å². The average Bonchev–Trinajstić information content (AvgIpc) is 3.21. The molecule has 1 saturated heterocycles. The minimum atomic E-state index is -0.905. The molecule has 1 aliphatic rings. The van der Waals surface area contributed by atoms with Crippen LogP contribution in [0, 0.1) is 12.8 Å². The van der Waals surface area contributed by atoms with Gasteiger partial charge < -0.3 is 9.84 Å². The van der Waals surface area contributed by atoms with Gasteiger partial charge in [0.05, 0.1) is 12.3 Å². The zero-order chi connectivity index (χ0) is 23.7. The second kappa shape index (κ2) is 9.65. The van der Waals surface area contributed by atoms with Gasteiger partial charge in [-0.3, -0.25) is 14.6 Å². The zero-order valence-corrected chi connectivity index (χ0v) is 21.4. The molecule has 7 heteroatoms. The summed E-state index contributed by atoms with van der Waals surface area (Å²) in [5.41, 5.74) is 2.33. The van der Waals surface area contributed by atoms with Crippen molar-refractivity contribution < 1.29 is 19.4 Å². The number of hydrogen-bond donors (Lipinski definition) is 1. The Hall–Kier alpha value is -1.70. The standard InChI is InChI=1S/C25H33NO4S2/c1-15(2)25(9-7-17-8-10-31-14-17)12-19(28)22(23(29)30-25)32-20-11-16(3)26-18(13-27)21(20)24(4,5)6/h8,10-11,14-15,22,27H,7,9,12-13H2,1-6H3. The lowest BCUT2D eigenvalue weighted by Gasteiger charge is -2.41. The van der Waals surface area contributed by atoms with Crippen molar-refractivity contribution in [2.75, 3.05) is 0 Å². The number of cyclic esters (lactones) is 1. The quantitative estimate of drug-likeness (QED) is 0.436. The Bertz CT molecular complexity index is 959. The molecule has 0 radical (unpaired) electrons. The molecule has 3 heterocycles. The summed E-state index contributed by atoms with van der Waals surface area (Å²) in [5, 5.41) is 13.1. The van der Waals surface area contributed by atoms with E-state index in [0.29, 0.717) is 12.1 Å². The molecule has 1 N–H and O–H groups in total. The molecule has 174 valence electrons. The van der Waals surface area contributed by atoms with Gasteiger partial charge in [-0.2, -0.15) is 11.3 Å². The van der Waals surface area contributed by atoms with Crippen LogP contribution >= 0.6 is 23.1 Å². The van der Waals surface area contributed by atoms with E-state index in [4.69, 9.17) is 4.74 Å². The summed E-state index contributed by atoms with van der Waals surface area (Å²) in [6.45, 7) is 11.8. The van der Waals surface area contributed by atoms with Gasteiger partial charge in [-0.15, -0.1) is 11.8 Å². The van der Waals surface area contributed by atoms with Gasteiger partial charge in [-0.05, 0) is 65.1 Å². The molecule has 2 unspecified atom stereocenters. The molecule has 0 bridgehead atoms. The maximum Gasteiger partial charge on any atom is 0.327 e. The number of Topliss-reactive ketones (excluding diaryl/α,β-unsaturated/α-hetero) is 1. The largest absolute Gasteiger partial charge is 0.457 e. The number of hydrogen-bond acceptors (Lipinski definition) is 7. The number of esters is 1. The Balaban J connectivity index is 1.87. The van der Waals surface area contributed by atoms with Crippen molar-refractivity contribution in [3.63, 3.8) is 0 Å². The van der Waals surface area contributed by atoms with E-state index in [0.717, 1.165) is 22.6 Å². The molecule has 0 amide bonds. The molecule has 1 aliphatic heterocycles. The number of aromatic nitrogens is 1. The lowest BCUT2D eigenvalue weighted by atomic mass is 9.78. The van der Waals surface area contributed by atoms with Crippen LogP contribution in [0.3, 0.4) is 0 Å². The first-order valence-electron chi connectivity index (χ1n) is 11.0. The third-order valence-corrected chi connectivity index (χ3v) is 8.08. The lowest BCUT2D eigenvalue weighted by Crippen LogP contribution is -2.52. The van der Waals surface area contributed by atoms with Crippen LogP contribution in [0.15, 0.2) is 27.8 Å². The molecular formula is C25H33NO4S2. The molecule has 3 rings (SSSR count). The summed E-state index contributed by atoms with van der Waals surface area (Å²) in [5.74, 6) is -0.524. The minimum absolute atomic E-state index is 0.0364. The highest BCUT2D eigenvalue weighted by molar-refractivity contribution is 8.01. The number of carbonyl (C=O) groups excluding carboxylic acids is 2. The number of rotatable bonds is 7. The highest BCUT2D eigenvalue weighted by Gasteiger charge is 2.49. The summed E-state index contributed by atoms with van der Waals surface area (Å²) in [6, 6.07) is 3.97. The summed E-state index contributed by atoms with van der Waals surface area (Å²) >= 11 is 2.88. The van der Waals surface area contributed by atoms with Gasteiger partial charge in [-0.1, -0.05) is 34.6 Å². The van der Waals surface area contributed by atoms with E-state index in [-0.39, 0.29) is 30.1 Å². The molecule has 0 spiro atoms. The van der Waals surface area contributed by atoms with Crippen LogP contribution in [0.1, 0.15) is 70.0 Å². The highest BCUT2D eigenvalue weighted by atomic mass is 32.2. The van der Waals surface area contributed by atoms with Crippen molar-refractivity contribution in [2.45, 2.75) is 88.6 Å². The van der Waals surface area contributed by atoms with Crippen molar-refractivity contribution in [2.24, 2.45) is 5.92 Å². The van der Waals surface area contributed by atoms with E-state index in [2.05, 4.69) is 16.4 Å². The third kappa shape index (κ3) is 5.26. The summed E-state index contributed by atoms with van der Waals surface area (Å²) in [4.78, 5) is 31.8. The Morgan fingerprint density at radius 1 is 1.34 bits per heavy atom. The van der Waals surface area contributed by atoms with Gasteiger partial charge in [-0.25, -0.2) is 0 Å². The fourth-order valence-electron chi connectivity index (χ4n) is 4.31. The number of aliphatic hydroxyl groups excluding tert-OH is 1. The summed E-state index contributed by atoms with van der Waals surface area (Å²) in [7, 11) is 0. The van der Waals surface area contributed by atoms with Crippen molar-refractivity contribution in [1.29, 1.82) is 0 Å². The third-order valence-electron chi connectivity index (χ3n) is 6.08. The SMILES string of the molecule is Cc1cc(SC2C(=O)CC(CCc3ccsc3)(C(C)C)OC2=O)c(C(C)(C)C)c(CO)n1. The van der Waals surface area contributed by atoms with Gasteiger partial charge in [0.15, 0.2) is 11.0 Å². The molecule has 0 aliphatic carbocycles. The van der Waals surface area contributed by atoms with Crippen LogP contribution in [-0.4, -0.2) is 32.7 Å². The topological polar surface area (TPSA) is 76.5 Å². The number of carbonyl (C=O) groups is 2. The summed E-state index contributed by atoms with van der Waals surface area (Å²) < 4.78 is 6.06. The average molecular weight is 476 g/mol. The number of ether oxygens (including phenoxy) is 1. The van der Waals surface area contributed by atoms with Crippen LogP contribution in [0.2, 0.25) is 0 Å². The molecular weight excluding hydrogens is 442 g/mol. The first kappa shape index (κ1) is 24.9. The molecule has 32 heavy (non-hydrogen) atoms. The van der Waals surface area contributed by atoms with Gasteiger partial charge >= 0.3 is 5.97 Å². The Morgan fingerprint density at radius 3 is 2.59 bits per heavy atom. The Kier molecular flexibility index (Phi) is 7.52. The van der Waals surface area contributed by atoms with Crippen LogP contribution in [0.5, 0.6) is 0 Å². The van der Waals surface area contributed by atoms with Gasteiger partial charge in [0.1, 0.15) is 5.60 Å². The fourth-order valence-corrected chi connectivity index (χ4v) is 6.40. The molecule has 1 fully saturated rings. The normalized spacial score (nSPS) is 21.8. The molecule has 2 aromatic rings. The Labute approximate surface area is 199 Å². The second-order valence-electron chi connectivity index (χ2n) is 9.90. The monoisotopic (exact) mass is 475 g/mol. The van der Waals surface area contributed by atoms with Crippen molar-refractivity contribution in [3.8, 4) is 0 Å². The number of aliphatic hydroxyl groups is 1. The van der Waals surface area contributed by atoms with Gasteiger partial charge in [0.25, 0.3) is 0 Å². The smallest absolute Gasteiger partial charge is 0.327 e. The first-order valence-corrected chi connectivity index (χ1v) is 12.8. The summed E-state index contributed by atoms with van der Waals surface area (Å²) in [6.07, 6.45) is 1.63. The molecule has 0 aromatic carbocycles. The maximum atomic E-state index is 13.3. The number of ketones is 1. The number of nitrogens with zero attached hydrogens (tertiary/aromatic N) is 1.